The van der Waals surface area contributed by atoms with Crippen LogP contribution >= 0.6 is 0 Å². The molecule has 6 heteroatoms. The second-order valence-electron chi connectivity index (χ2n) is 5.42. The molecule has 2 aromatic rings. The van der Waals surface area contributed by atoms with Crippen molar-refractivity contribution in [3.05, 3.63) is 34.2 Å². The minimum atomic E-state index is -0.140. The molecule has 6 nitrogen and oxygen atoms in total. The number of aryl methyl sites for hydroxylation is 2. The lowest BCUT2D eigenvalue weighted by Gasteiger charge is -2.14. The maximum atomic E-state index is 12.5. The third-order valence-corrected chi connectivity index (χ3v) is 4.09. The van der Waals surface area contributed by atoms with E-state index in [9.17, 15) is 9.59 Å². The van der Waals surface area contributed by atoms with Crippen LogP contribution in [-0.2, 0) is 23.1 Å². The lowest BCUT2D eigenvalue weighted by molar-refractivity contribution is -0.131. The van der Waals surface area contributed by atoms with Gasteiger partial charge < -0.3 is 0 Å². The van der Waals surface area contributed by atoms with E-state index in [-0.39, 0.29) is 17.6 Å². The topological polar surface area (TPSA) is 65.3 Å². The Bertz CT molecular complexity index is 744. The van der Waals surface area contributed by atoms with Gasteiger partial charge in [-0.3, -0.25) is 18.8 Å². The Morgan fingerprint density at radius 2 is 2.14 bits per heavy atom. The number of fused-ring (bicyclic) bond motifs is 1. The van der Waals surface area contributed by atoms with E-state index >= 15 is 0 Å². The van der Waals surface area contributed by atoms with Gasteiger partial charge in [-0.15, -0.1) is 0 Å². The second-order valence-corrected chi connectivity index (χ2v) is 5.42. The quantitative estimate of drug-likeness (QED) is 0.906. The molecule has 3 rings (SSSR count). The molecule has 1 atom stereocenters. The van der Waals surface area contributed by atoms with Gasteiger partial charge in [0, 0.05) is 13.5 Å². The first-order chi connectivity index (χ1) is 10.1. The maximum Gasteiger partial charge on any atom is 0.329 e. The van der Waals surface area contributed by atoms with Crippen LogP contribution in [0.5, 0.6) is 0 Å². The minimum absolute atomic E-state index is 0.0683. The number of nitrogens with one attached hydrogen (secondary N) is 1. The molecule has 1 aliphatic heterocycles. The van der Waals surface area contributed by atoms with E-state index in [2.05, 4.69) is 12.4 Å². The number of aromatic nitrogens is 2. The van der Waals surface area contributed by atoms with Gasteiger partial charge in [0.15, 0.2) is 0 Å². The number of hydrogen-bond donors (Lipinski definition) is 1. The van der Waals surface area contributed by atoms with Crippen LogP contribution in [0.25, 0.3) is 11.0 Å². The smallest absolute Gasteiger partial charge is 0.295 e. The molecule has 0 radical (unpaired) electrons. The van der Waals surface area contributed by atoms with E-state index in [1.807, 2.05) is 18.2 Å². The van der Waals surface area contributed by atoms with Crippen LogP contribution in [0.3, 0.4) is 0 Å². The summed E-state index contributed by atoms with van der Waals surface area (Å²) in [4.78, 5) is 29.1. The van der Waals surface area contributed by atoms with Gasteiger partial charge in [0.1, 0.15) is 0 Å². The molecule has 21 heavy (non-hydrogen) atoms. The first kappa shape index (κ1) is 13.9. The number of hydroxylamine groups is 1. The third kappa shape index (κ3) is 2.35. The number of rotatable bonds is 2. The summed E-state index contributed by atoms with van der Waals surface area (Å²) in [7, 11) is 1.78. The number of amides is 1. The Kier molecular flexibility index (Phi) is 3.55. The van der Waals surface area contributed by atoms with Crippen LogP contribution in [0.4, 0.5) is 0 Å². The normalized spacial score (nSPS) is 19.5. The molecule has 1 unspecified atom stereocenters. The fourth-order valence-electron chi connectivity index (χ4n) is 2.84. The minimum Gasteiger partial charge on any atom is -0.295 e. The molecule has 1 amide bonds. The zero-order valence-electron chi connectivity index (χ0n) is 12.3. The highest BCUT2D eigenvalue weighted by atomic mass is 16.7. The third-order valence-electron chi connectivity index (χ3n) is 4.09. The highest BCUT2D eigenvalue weighted by molar-refractivity contribution is 5.77. The standard InChI is InChI=1S/C15H19N3O3/c1-3-10-4-6-12-13(8-10)17(2)15(20)18(12)11-5-7-14(19)16-21-9-11/h4,6,8,11H,3,5,7,9H2,1-2H3,(H,16,19). The average molecular weight is 289 g/mol. The van der Waals surface area contributed by atoms with Gasteiger partial charge in [-0.25, -0.2) is 10.3 Å². The van der Waals surface area contributed by atoms with Crippen molar-refractivity contribution in [1.82, 2.24) is 14.6 Å². The summed E-state index contributed by atoms with van der Waals surface area (Å²) < 4.78 is 3.41. The molecule has 1 aromatic carbocycles. The molecule has 1 aromatic heterocycles. The van der Waals surface area contributed by atoms with Crippen molar-refractivity contribution in [1.29, 1.82) is 0 Å². The van der Waals surface area contributed by atoms with Gasteiger partial charge in [0.05, 0.1) is 23.7 Å². The predicted octanol–water partition coefficient (Wildman–Crippen LogP) is 1.29. The first-order valence-electron chi connectivity index (χ1n) is 7.22. The highest BCUT2D eigenvalue weighted by Gasteiger charge is 2.23. The van der Waals surface area contributed by atoms with Gasteiger partial charge >= 0.3 is 5.69 Å². The summed E-state index contributed by atoms with van der Waals surface area (Å²) in [6.07, 6.45) is 1.89. The zero-order valence-corrected chi connectivity index (χ0v) is 12.3. The van der Waals surface area contributed by atoms with Crippen molar-refractivity contribution in [2.24, 2.45) is 7.05 Å². The molecule has 112 valence electrons. The lowest BCUT2D eigenvalue weighted by Crippen LogP contribution is -2.28. The Labute approximate surface area is 122 Å². The fraction of sp³-hybridized carbons (Fsp3) is 0.467. The largest absolute Gasteiger partial charge is 0.329 e. The molecule has 0 spiro atoms. The molecular weight excluding hydrogens is 270 g/mol. The molecule has 2 heterocycles. The Morgan fingerprint density at radius 3 is 2.90 bits per heavy atom. The van der Waals surface area contributed by atoms with Crippen LogP contribution in [0, 0.1) is 0 Å². The molecule has 1 fully saturated rings. The van der Waals surface area contributed by atoms with Gasteiger partial charge in [-0.2, -0.15) is 0 Å². The summed E-state index contributed by atoms with van der Waals surface area (Å²) in [5.74, 6) is -0.140. The number of imidazole rings is 1. The summed E-state index contributed by atoms with van der Waals surface area (Å²) in [5.41, 5.74) is 5.32. The van der Waals surface area contributed by atoms with E-state index in [1.54, 1.807) is 16.2 Å². The van der Waals surface area contributed by atoms with Gasteiger partial charge in [0.25, 0.3) is 0 Å². The van der Waals surface area contributed by atoms with Crippen LogP contribution in [0.2, 0.25) is 0 Å². The van der Waals surface area contributed by atoms with Crippen molar-refractivity contribution < 1.29 is 9.63 Å². The van der Waals surface area contributed by atoms with Gasteiger partial charge in [0.2, 0.25) is 5.91 Å². The van der Waals surface area contributed by atoms with Crippen LogP contribution in [0.1, 0.15) is 31.4 Å². The summed E-state index contributed by atoms with van der Waals surface area (Å²) >= 11 is 0. The van der Waals surface area contributed by atoms with Crippen molar-refractivity contribution in [3.63, 3.8) is 0 Å². The lowest BCUT2D eigenvalue weighted by atomic mass is 10.1. The summed E-state index contributed by atoms with van der Waals surface area (Å²) in [6.45, 7) is 2.40. The number of nitrogens with zero attached hydrogens (tertiary/aromatic N) is 2. The first-order valence-corrected chi connectivity index (χ1v) is 7.22. The maximum absolute atomic E-state index is 12.5. The van der Waals surface area contributed by atoms with Crippen molar-refractivity contribution in [3.8, 4) is 0 Å². The van der Waals surface area contributed by atoms with Gasteiger partial charge in [-0.1, -0.05) is 13.0 Å². The highest BCUT2D eigenvalue weighted by Crippen LogP contribution is 2.22. The van der Waals surface area contributed by atoms with Gasteiger partial charge in [-0.05, 0) is 30.5 Å². The second kappa shape index (κ2) is 5.37. The molecule has 0 saturated carbocycles. The molecule has 1 aliphatic rings. The molecular formula is C15H19N3O3. The Morgan fingerprint density at radius 1 is 1.33 bits per heavy atom. The van der Waals surface area contributed by atoms with Crippen LogP contribution in [0.15, 0.2) is 23.0 Å². The molecule has 1 saturated heterocycles. The molecule has 0 aliphatic carbocycles. The van der Waals surface area contributed by atoms with E-state index in [0.29, 0.717) is 19.4 Å². The summed E-state index contributed by atoms with van der Waals surface area (Å²) in [6, 6.07) is 5.94. The van der Waals surface area contributed by atoms with E-state index in [4.69, 9.17) is 4.84 Å². The van der Waals surface area contributed by atoms with Crippen molar-refractivity contribution in [2.45, 2.75) is 32.2 Å². The monoisotopic (exact) mass is 289 g/mol. The van der Waals surface area contributed by atoms with Crippen molar-refractivity contribution >= 4 is 16.9 Å². The zero-order chi connectivity index (χ0) is 15.0. The number of carbonyl (C=O) groups is 1. The number of hydrogen-bond acceptors (Lipinski definition) is 3. The fourth-order valence-corrected chi connectivity index (χ4v) is 2.84. The van der Waals surface area contributed by atoms with Crippen molar-refractivity contribution in [2.75, 3.05) is 6.61 Å². The number of benzene rings is 1. The number of carbonyl (C=O) groups excluding carboxylic acids is 1. The molecule has 1 N–H and O–H groups in total. The Balaban J connectivity index is 2.11. The van der Waals surface area contributed by atoms with E-state index in [0.717, 1.165) is 17.5 Å². The molecule has 0 bridgehead atoms. The average Bonchev–Trinajstić information content (AvgIpc) is 2.65. The SMILES string of the molecule is CCc1ccc2c(c1)n(C)c(=O)n2C1CCC(=O)NOC1. The van der Waals surface area contributed by atoms with E-state index < -0.39 is 0 Å². The van der Waals surface area contributed by atoms with E-state index in [1.165, 1.54) is 5.56 Å². The Hall–Kier alpha value is -2.08. The predicted molar refractivity (Wildman–Crippen MR) is 78.9 cm³/mol. The van der Waals surface area contributed by atoms with Crippen LogP contribution < -0.4 is 11.2 Å². The van der Waals surface area contributed by atoms with Crippen LogP contribution in [-0.4, -0.2) is 21.6 Å². The summed E-state index contributed by atoms with van der Waals surface area (Å²) in [5, 5.41) is 0.